The Hall–Kier alpha value is -2.88. The summed E-state index contributed by atoms with van der Waals surface area (Å²) in [7, 11) is 0. The van der Waals surface area contributed by atoms with Gasteiger partial charge in [0.2, 0.25) is 5.91 Å². The van der Waals surface area contributed by atoms with Crippen LogP contribution in [0.3, 0.4) is 0 Å². The summed E-state index contributed by atoms with van der Waals surface area (Å²) in [5.74, 6) is 1.60. The van der Waals surface area contributed by atoms with Gasteiger partial charge in [-0.1, -0.05) is 6.07 Å². The fourth-order valence-electron chi connectivity index (χ4n) is 5.62. The predicted molar refractivity (Wildman–Crippen MR) is 110 cm³/mol. The van der Waals surface area contributed by atoms with Crippen LogP contribution in [0.5, 0.6) is 0 Å². The lowest BCUT2D eigenvalue weighted by Gasteiger charge is -2.26. The molecule has 1 saturated carbocycles. The van der Waals surface area contributed by atoms with Crippen molar-refractivity contribution in [3.05, 3.63) is 41.3 Å². The van der Waals surface area contributed by atoms with Crippen LogP contribution in [0.4, 0.5) is 0 Å². The van der Waals surface area contributed by atoms with Gasteiger partial charge in [-0.2, -0.15) is 10.4 Å². The topological polar surface area (TPSA) is 86.8 Å². The molecule has 2 aliphatic carbocycles. The van der Waals surface area contributed by atoms with E-state index in [4.69, 9.17) is 10.1 Å². The number of nitrogens with one attached hydrogen (secondary N) is 1. The van der Waals surface area contributed by atoms with Gasteiger partial charge in [-0.05, 0) is 69.1 Å². The van der Waals surface area contributed by atoms with Crippen molar-refractivity contribution in [3.63, 3.8) is 0 Å². The van der Waals surface area contributed by atoms with Crippen molar-refractivity contribution in [3.8, 4) is 12.0 Å². The van der Waals surface area contributed by atoms with E-state index in [1.165, 1.54) is 12.8 Å². The monoisotopic (exact) mass is 402 g/mol. The van der Waals surface area contributed by atoms with Crippen molar-refractivity contribution in [1.29, 1.82) is 5.26 Å². The molecule has 7 heteroatoms. The smallest absolute Gasteiger partial charge is 0.223 e. The minimum absolute atomic E-state index is 0.0180. The molecule has 2 bridgehead atoms. The average molecular weight is 403 g/mol. The Kier molecular flexibility index (Phi) is 4.08. The van der Waals surface area contributed by atoms with Gasteiger partial charge >= 0.3 is 0 Å². The van der Waals surface area contributed by atoms with Crippen LogP contribution < -0.4 is 5.32 Å². The van der Waals surface area contributed by atoms with E-state index in [9.17, 15) is 10.1 Å². The molecule has 0 aromatic carbocycles. The number of carbonyl (C=O) groups excluding carboxylic acids is 1. The zero-order chi connectivity index (χ0) is 20.2. The van der Waals surface area contributed by atoms with Gasteiger partial charge in [-0.3, -0.25) is 4.79 Å². The summed E-state index contributed by atoms with van der Waals surface area (Å²) in [6, 6.07) is 6.80. The van der Waals surface area contributed by atoms with Crippen LogP contribution >= 0.6 is 0 Å². The zero-order valence-electron chi connectivity index (χ0n) is 17.0. The van der Waals surface area contributed by atoms with E-state index < -0.39 is 0 Å². The summed E-state index contributed by atoms with van der Waals surface area (Å²) in [5.41, 5.74) is 3.41. The summed E-state index contributed by atoms with van der Waals surface area (Å²) < 4.78 is 1.89. The number of aromatic nitrogens is 3. The van der Waals surface area contributed by atoms with Gasteiger partial charge in [0.25, 0.3) is 0 Å². The first-order chi connectivity index (χ1) is 14.7. The molecule has 0 unspecified atom stereocenters. The maximum atomic E-state index is 13.0. The maximum Gasteiger partial charge on any atom is 0.223 e. The summed E-state index contributed by atoms with van der Waals surface area (Å²) in [4.78, 5) is 19.7. The number of nitriles is 1. The van der Waals surface area contributed by atoms with E-state index in [-0.39, 0.29) is 23.9 Å². The second-order valence-electron chi connectivity index (χ2n) is 9.34. The highest BCUT2D eigenvalue weighted by Gasteiger charge is 2.47. The van der Waals surface area contributed by atoms with Gasteiger partial charge in [0.1, 0.15) is 0 Å². The number of aryl methyl sites for hydroxylation is 1. The Morgan fingerprint density at radius 1 is 1.20 bits per heavy atom. The molecule has 6 rings (SSSR count). The first-order valence-corrected chi connectivity index (χ1v) is 11.2. The van der Waals surface area contributed by atoms with Crippen LogP contribution in [-0.4, -0.2) is 43.7 Å². The highest BCUT2D eigenvalue weighted by Crippen LogP contribution is 2.39. The Labute approximate surface area is 176 Å². The van der Waals surface area contributed by atoms with Crippen molar-refractivity contribution in [1.82, 2.24) is 25.0 Å². The van der Waals surface area contributed by atoms with Crippen molar-refractivity contribution in [2.75, 3.05) is 0 Å². The van der Waals surface area contributed by atoms with Gasteiger partial charge in [0.15, 0.2) is 12.0 Å². The number of carbonyl (C=O) groups is 1. The van der Waals surface area contributed by atoms with Crippen LogP contribution in [0.25, 0.3) is 5.82 Å². The summed E-state index contributed by atoms with van der Waals surface area (Å²) in [5, 5.41) is 17.4. The zero-order valence-corrected chi connectivity index (χ0v) is 17.0. The summed E-state index contributed by atoms with van der Waals surface area (Å²) in [6.45, 7) is 0. The van der Waals surface area contributed by atoms with Crippen molar-refractivity contribution < 1.29 is 4.79 Å². The lowest BCUT2D eigenvalue weighted by Crippen LogP contribution is -2.46. The Morgan fingerprint density at radius 2 is 2.10 bits per heavy atom. The fourth-order valence-corrected chi connectivity index (χ4v) is 5.62. The third kappa shape index (κ3) is 2.97. The highest BCUT2D eigenvalue weighted by molar-refractivity contribution is 5.79. The largest absolute Gasteiger partial charge is 0.351 e. The SMILES string of the molecule is N#CN1[C@H]2CC[C@@H]1[C@H](NC(=O)[C@@H]1CCc3nn(-c4cccc(C5CC5)n4)cc3C1)C2. The van der Waals surface area contributed by atoms with Crippen LogP contribution in [-0.2, 0) is 17.6 Å². The van der Waals surface area contributed by atoms with E-state index in [0.717, 1.165) is 61.3 Å². The van der Waals surface area contributed by atoms with Crippen molar-refractivity contribution in [2.45, 2.75) is 75.4 Å². The minimum Gasteiger partial charge on any atom is -0.351 e. The fraction of sp³-hybridized carbons (Fsp3) is 0.565. The van der Waals surface area contributed by atoms with Gasteiger partial charge in [-0.15, -0.1) is 0 Å². The Balaban J connectivity index is 1.15. The number of pyridine rings is 1. The molecule has 30 heavy (non-hydrogen) atoms. The molecule has 2 aromatic rings. The molecule has 2 aromatic heterocycles. The van der Waals surface area contributed by atoms with Crippen LogP contribution in [0.15, 0.2) is 24.4 Å². The molecule has 4 heterocycles. The van der Waals surface area contributed by atoms with Crippen LogP contribution in [0.2, 0.25) is 0 Å². The number of amides is 1. The van der Waals surface area contributed by atoms with E-state index in [1.54, 1.807) is 0 Å². The van der Waals surface area contributed by atoms with E-state index in [1.807, 2.05) is 15.6 Å². The predicted octanol–water partition coefficient (Wildman–Crippen LogP) is 2.45. The normalized spacial score (nSPS) is 29.5. The number of nitrogens with zero attached hydrogens (tertiary/aromatic N) is 5. The number of fused-ring (bicyclic) bond motifs is 3. The molecule has 2 saturated heterocycles. The first kappa shape index (κ1) is 17.9. The van der Waals surface area contributed by atoms with Gasteiger partial charge in [-0.25, -0.2) is 9.67 Å². The second kappa shape index (κ2) is 6.83. The van der Waals surface area contributed by atoms with E-state index >= 15 is 0 Å². The lowest BCUT2D eigenvalue weighted by molar-refractivity contribution is -0.126. The standard InChI is InChI=1S/C23H26N6O/c24-13-28-17-7-9-21(28)20(11-17)26-23(30)15-6-8-19-16(10-15)12-29(27-19)22-3-1-2-18(25-22)14-4-5-14/h1-3,12,14-15,17,20-21H,4-11H2,(H,26,30)/t15-,17+,20-,21-/m1/s1. The van der Waals surface area contributed by atoms with Gasteiger partial charge in [0, 0.05) is 29.8 Å². The van der Waals surface area contributed by atoms with E-state index in [0.29, 0.717) is 12.0 Å². The number of rotatable bonds is 4. The third-order valence-electron chi connectivity index (χ3n) is 7.41. The molecule has 7 nitrogen and oxygen atoms in total. The highest BCUT2D eigenvalue weighted by atomic mass is 16.2. The number of hydrogen-bond donors (Lipinski definition) is 1. The van der Waals surface area contributed by atoms with Gasteiger partial charge < -0.3 is 10.2 Å². The van der Waals surface area contributed by atoms with E-state index in [2.05, 4.69) is 29.8 Å². The summed E-state index contributed by atoms with van der Waals surface area (Å²) >= 11 is 0. The Bertz CT molecular complexity index is 1030. The third-order valence-corrected chi connectivity index (χ3v) is 7.41. The molecular formula is C23H26N6O. The number of hydrogen-bond acceptors (Lipinski definition) is 5. The molecule has 1 amide bonds. The molecule has 0 radical (unpaired) electrons. The first-order valence-electron chi connectivity index (χ1n) is 11.2. The lowest BCUT2D eigenvalue weighted by atomic mass is 9.86. The molecule has 2 aliphatic heterocycles. The van der Waals surface area contributed by atoms with Crippen molar-refractivity contribution >= 4 is 5.91 Å². The molecule has 0 spiro atoms. The average Bonchev–Trinajstić information content (AvgIpc) is 3.30. The minimum atomic E-state index is -0.0180. The van der Waals surface area contributed by atoms with Crippen LogP contribution in [0.1, 0.15) is 61.4 Å². The molecule has 4 atom stereocenters. The van der Waals surface area contributed by atoms with Crippen LogP contribution in [0, 0.1) is 17.4 Å². The van der Waals surface area contributed by atoms with Crippen molar-refractivity contribution in [2.24, 2.45) is 5.92 Å². The quantitative estimate of drug-likeness (QED) is 0.794. The maximum absolute atomic E-state index is 13.0. The molecular weight excluding hydrogens is 376 g/mol. The van der Waals surface area contributed by atoms with Gasteiger partial charge in [0.05, 0.1) is 17.8 Å². The Morgan fingerprint density at radius 3 is 2.90 bits per heavy atom. The molecule has 154 valence electrons. The summed E-state index contributed by atoms with van der Waals surface area (Å²) in [6.07, 6.45) is 12.2. The molecule has 3 fully saturated rings. The molecule has 1 N–H and O–H groups in total. The molecule has 4 aliphatic rings. The second-order valence-corrected chi connectivity index (χ2v) is 9.34.